The Labute approximate surface area is 212 Å². The molecular formula is C27H26F2N6O2. The Bertz CT molecular complexity index is 1440. The van der Waals surface area contributed by atoms with Crippen LogP contribution in [-0.2, 0) is 17.9 Å². The van der Waals surface area contributed by atoms with Crippen molar-refractivity contribution in [2.45, 2.75) is 26.1 Å². The molecule has 0 unspecified atom stereocenters. The number of hydrogen-bond acceptors (Lipinski definition) is 6. The van der Waals surface area contributed by atoms with Crippen LogP contribution >= 0.6 is 0 Å². The van der Waals surface area contributed by atoms with Crippen LogP contribution in [0.3, 0.4) is 0 Å². The number of pyridine rings is 1. The smallest absolute Gasteiger partial charge is 0.294 e. The van der Waals surface area contributed by atoms with Gasteiger partial charge in [-0.2, -0.15) is 0 Å². The Hall–Kier alpha value is -4.44. The second-order valence-corrected chi connectivity index (χ2v) is 8.45. The lowest BCUT2D eigenvalue weighted by molar-refractivity contribution is -0.117. The molecule has 1 amide bonds. The molecule has 37 heavy (non-hydrogen) atoms. The first-order valence-electron chi connectivity index (χ1n) is 11.6. The molecule has 190 valence electrons. The lowest BCUT2D eigenvalue weighted by Crippen LogP contribution is -2.38. The highest BCUT2D eigenvalue weighted by Crippen LogP contribution is 2.21. The van der Waals surface area contributed by atoms with Crippen molar-refractivity contribution in [1.29, 1.82) is 0 Å². The Morgan fingerprint density at radius 2 is 1.65 bits per heavy atom. The molecule has 10 heteroatoms. The van der Waals surface area contributed by atoms with E-state index in [2.05, 4.69) is 25.9 Å². The maximum atomic E-state index is 13.5. The van der Waals surface area contributed by atoms with Gasteiger partial charge in [0.2, 0.25) is 5.91 Å². The highest BCUT2D eigenvalue weighted by Gasteiger charge is 2.17. The third-order valence-electron chi connectivity index (χ3n) is 5.81. The van der Waals surface area contributed by atoms with Gasteiger partial charge >= 0.3 is 0 Å². The average Bonchev–Trinajstić information content (AvgIpc) is 2.91. The van der Waals surface area contributed by atoms with Gasteiger partial charge < -0.3 is 16.0 Å². The largest absolute Gasteiger partial charge is 0.380 e. The van der Waals surface area contributed by atoms with E-state index in [-0.39, 0.29) is 18.2 Å². The van der Waals surface area contributed by atoms with Gasteiger partial charge in [0, 0.05) is 24.5 Å². The topological polar surface area (TPSA) is 101 Å². The molecule has 8 nitrogen and oxygen atoms in total. The molecule has 0 spiro atoms. The third kappa shape index (κ3) is 6.42. The number of carbonyl (C=O) groups excluding carboxylic acids is 1. The maximum absolute atomic E-state index is 13.5. The second kappa shape index (κ2) is 11.5. The summed E-state index contributed by atoms with van der Waals surface area (Å²) in [7, 11) is 1.64. The van der Waals surface area contributed by atoms with Crippen LogP contribution < -0.4 is 21.5 Å². The number of benzene rings is 2. The molecule has 0 aliphatic carbocycles. The number of amides is 1. The Morgan fingerprint density at radius 3 is 2.32 bits per heavy atom. The number of rotatable bonds is 9. The van der Waals surface area contributed by atoms with Crippen molar-refractivity contribution in [2.75, 3.05) is 17.7 Å². The molecule has 4 rings (SSSR count). The van der Waals surface area contributed by atoms with Gasteiger partial charge in [0.05, 0.1) is 30.2 Å². The fourth-order valence-electron chi connectivity index (χ4n) is 3.60. The molecule has 0 bridgehead atoms. The number of halogens is 2. The Morgan fingerprint density at radius 1 is 0.973 bits per heavy atom. The van der Waals surface area contributed by atoms with Crippen LogP contribution in [0.1, 0.15) is 18.1 Å². The standard InChI is InChI=1S/C27H26F2N6O2/c1-17(30-2)26(36)34-25-27(37)35(24(15-33-25)20-5-9-22(29)10-6-20)16-19-11-23(14-31-12-19)32-13-18-3-7-21(28)8-4-18/h3-12,14-15,17,30,32H,13,16H2,1-2H3,(H,33,34,36)/t17-/m0/s1. The zero-order valence-electron chi connectivity index (χ0n) is 20.3. The van der Waals surface area contributed by atoms with E-state index in [0.717, 1.165) is 5.56 Å². The van der Waals surface area contributed by atoms with E-state index in [1.165, 1.54) is 35.0 Å². The van der Waals surface area contributed by atoms with Crippen molar-refractivity contribution in [3.05, 3.63) is 106 Å². The van der Waals surface area contributed by atoms with Crippen LogP contribution in [0.15, 0.2) is 78.0 Å². The predicted octanol–water partition coefficient (Wildman–Crippen LogP) is 3.79. The molecule has 3 N–H and O–H groups in total. The summed E-state index contributed by atoms with van der Waals surface area (Å²) in [4.78, 5) is 34.3. The molecule has 2 aromatic heterocycles. The summed E-state index contributed by atoms with van der Waals surface area (Å²) in [6, 6.07) is 13.2. The zero-order valence-corrected chi connectivity index (χ0v) is 20.3. The van der Waals surface area contributed by atoms with Gasteiger partial charge in [-0.3, -0.25) is 19.1 Å². The minimum Gasteiger partial charge on any atom is -0.380 e. The number of nitrogens with zero attached hydrogens (tertiary/aromatic N) is 3. The van der Waals surface area contributed by atoms with E-state index in [1.54, 1.807) is 50.6 Å². The van der Waals surface area contributed by atoms with Gasteiger partial charge in [-0.15, -0.1) is 0 Å². The van der Waals surface area contributed by atoms with Gasteiger partial charge in [-0.25, -0.2) is 13.8 Å². The van der Waals surface area contributed by atoms with Gasteiger partial charge in [-0.1, -0.05) is 12.1 Å². The molecule has 0 radical (unpaired) electrons. The zero-order chi connectivity index (χ0) is 26.4. The fraction of sp³-hybridized carbons (Fsp3) is 0.185. The van der Waals surface area contributed by atoms with Gasteiger partial charge in [0.15, 0.2) is 5.82 Å². The molecule has 0 aliphatic heterocycles. The molecule has 2 heterocycles. The SMILES string of the molecule is CN[C@@H](C)C(=O)Nc1ncc(-c2ccc(F)cc2)n(Cc2cncc(NCc3ccc(F)cc3)c2)c1=O. The summed E-state index contributed by atoms with van der Waals surface area (Å²) in [6.07, 6.45) is 4.75. The lowest BCUT2D eigenvalue weighted by Gasteiger charge is -2.16. The molecule has 0 aliphatic rings. The number of hydrogen-bond donors (Lipinski definition) is 3. The molecule has 2 aromatic carbocycles. The first kappa shape index (κ1) is 25.6. The Balaban J connectivity index is 1.65. The Kier molecular flexibility index (Phi) is 7.99. The van der Waals surface area contributed by atoms with Crippen molar-refractivity contribution in [3.8, 4) is 11.3 Å². The molecule has 0 saturated carbocycles. The summed E-state index contributed by atoms with van der Waals surface area (Å²) in [5.41, 5.74) is 2.85. The number of likely N-dealkylation sites (N-methyl/N-ethyl adjacent to an activating group) is 1. The normalized spacial score (nSPS) is 11.7. The number of carbonyl (C=O) groups is 1. The third-order valence-corrected chi connectivity index (χ3v) is 5.81. The van der Waals surface area contributed by atoms with E-state index in [0.29, 0.717) is 29.1 Å². The van der Waals surface area contributed by atoms with Crippen molar-refractivity contribution in [2.24, 2.45) is 0 Å². The first-order valence-corrected chi connectivity index (χ1v) is 11.6. The molecule has 0 saturated heterocycles. The number of aromatic nitrogens is 3. The van der Waals surface area contributed by atoms with E-state index in [4.69, 9.17) is 0 Å². The van der Waals surface area contributed by atoms with Crippen LogP contribution in [0.5, 0.6) is 0 Å². The van der Waals surface area contributed by atoms with Crippen LogP contribution in [0, 0.1) is 11.6 Å². The lowest BCUT2D eigenvalue weighted by atomic mass is 10.1. The quantitative estimate of drug-likeness (QED) is 0.321. The van der Waals surface area contributed by atoms with Crippen molar-refractivity contribution in [1.82, 2.24) is 19.9 Å². The van der Waals surface area contributed by atoms with Crippen LogP contribution in [0.4, 0.5) is 20.3 Å². The number of anilines is 2. The van der Waals surface area contributed by atoms with E-state index in [1.807, 2.05) is 6.07 Å². The van der Waals surface area contributed by atoms with Gasteiger partial charge in [-0.05, 0) is 67.6 Å². The molecule has 1 atom stereocenters. The first-order chi connectivity index (χ1) is 17.8. The monoisotopic (exact) mass is 504 g/mol. The van der Waals surface area contributed by atoms with Crippen LogP contribution in [0.2, 0.25) is 0 Å². The average molecular weight is 505 g/mol. The summed E-state index contributed by atoms with van der Waals surface area (Å²) in [6.45, 7) is 2.25. The summed E-state index contributed by atoms with van der Waals surface area (Å²) >= 11 is 0. The van der Waals surface area contributed by atoms with Gasteiger partial charge in [0.1, 0.15) is 11.6 Å². The van der Waals surface area contributed by atoms with Crippen LogP contribution in [0.25, 0.3) is 11.3 Å². The predicted molar refractivity (Wildman–Crippen MR) is 138 cm³/mol. The molecular weight excluding hydrogens is 478 g/mol. The van der Waals surface area contributed by atoms with E-state index < -0.39 is 23.3 Å². The summed E-state index contributed by atoms with van der Waals surface area (Å²) in [5.74, 6) is -1.22. The van der Waals surface area contributed by atoms with Gasteiger partial charge in [0.25, 0.3) is 5.56 Å². The van der Waals surface area contributed by atoms with Crippen molar-refractivity contribution < 1.29 is 13.6 Å². The highest BCUT2D eigenvalue weighted by molar-refractivity contribution is 5.93. The van der Waals surface area contributed by atoms with Crippen molar-refractivity contribution >= 4 is 17.4 Å². The fourth-order valence-corrected chi connectivity index (χ4v) is 3.60. The van der Waals surface area contributed by atoms with Crippen LogP contribution in [-0.4, -0.2) is 33.5 Å². The van der Waals surface area contributed by atoms with E-state index in [9.17, 15) is 18.4 Å². The molecule has 4 aromatic rings. The maximum Gasteiger partial charge on any atom is 0.294 e. The summed E-state index contributed by atoms with van der Waals surface area (Å²) in [5, 5.41) is 8.62. The summed E-state index contributed by atoms with van der Waals surface area (Å²) < 4.78 is 28.2. The second-order valence-electron chi connectivity index (χ2n) is 8.45. The minimum atomic E-state index is -0.528. The molecule has 0 fully saturated rings. The number of nitrogens with one attached hydrogen (secondary N) is 3. The van der Waals surface area contributed by atoms with Crippen molar-refractivity contribution in [3.63, 3.8) is 0 Å². The van der Waals surface area contributed by atoms with E-state index >= 15 is 0 Å². The minimum absolute atomic E-state index is 0.114. The highest BCUT2D eigenvalue weighted by atomic mass is 19.1.